The van der Waals surface area contributed by atoms with Gasteiger partial charge in [0.05, 0.1) is 61.6 Å². The molecule has 6 aromatic rings. The number of amides is 13. The highest BCUT2D eigenvalue weighted by atomic mass is 32.2. The van der Waals surface area contributed by atoms with Crippen LogP contribution in [0.4, 0.5) is 13.2 Å². The van der Waals surface area contributed by atoms with Crippen LogP contribution in [-0.4, -0.2) is 313 Å². The van der Waals surface area contributed by atoms with Crippen molar-refractivity contribution in [3.63, 3.8) is 0 Å². The Kier molecular flexibility index (Phi) is 41.1. The number of rotatable bonds is 55. The Morgan fingerprint density at radius 2 is 1.16 bits per heavy atom. The number of aldehydes is 1. The summed E-state index contributed by atoms with van der Waals surface area (Å²) in [5, 5.41) is 64.0. The van der Waals surface area contributed by atoms with E-state index in [1.54, 1.807) is 98.6 Å². The van der Waals surface area contributed by atoms with E-state index in [1.165, 1.54) is 50.3 Å². The maximum absolute atomic E-state index is 15.5. The van der Waals surface area contributed by atoms with Gasteiger partial charge in [-0.1, -0.05) is 125 Å². The molecular weight excluding hydrogens is 1820 g/mol. The number of nitrogens with two attached hydrogens (primary N) is 4. The highest BCUT2D eigenvalue weighted by Crippen LogP contribution is 2.37. The number of primary amides is 2. The smallest absolute Gasteiger partial charge is 0.305 e. The lowest BCUT2D eigenvalue weighted by molar-refractivity contribution is -0.152. The van der Waals surface area contributed by atoms with E-state index in [0.29, 0.717) is 64.3 Å². The largest absolute Gasteiger partial charge is 0.508 e. The van der Waals surface area contributed by atoms with Gasteiger partial charge in [0, 0.05) is 102 Å². The minimum absolute atomic E-state index is 0.0486. The van der Waals surface area contributed by atoms with Gasteiger partial charge in [0.1, 0.15) is 72.7 Å². The van der Waals surface area contributed by atoms with Crippen molar-refractivity contribution in [3.05, 3.63) is 173 Å². The van der Waals surface area contributed by atoms with E-state index in [-0.39, 0.29) is 120 Å². The molecule has 5 aromatic carbocycles. The summed E-state index contributed by atoms with van der Waals surface area (Å²) in [6.45, 7) is 3.80. The number of ether oxygens (including phenoxy) is 1. The summed E-state index contributed by atoms with van der Waals surface area (Å²) in [7, 11) is 3.94. The molecule has 0 saturated carbocycles. The number of halogens is 3. The molecule has 0 bridgehead atoms. The fourth-order valence-corrected chi connectivity index (χ4v) is 17.7. The number of likely N-dealkylation sites (N-methyl/N-ethyl adjacent to an activating group) is 3. The molecule has 3 aliphatic heterocycles. The molecule has 3 aliphatic rings. The number of carbonyl (C=O) groups excluding carboxylic acids is 15. The number of Topliss-reactive ketones (excluding diaryl/α,β-unsaturated/α-hetero) is 1. The molecule has 748 valence electrons. The molecule has 39 nitrogen and oxygen atoms in total. The lowest BCUT2D eigenvalue weighted by atomic mass is 9.97. The average molecular weight is 1940 g/mol. The SMILES string of the molecule is CCCC[C@@H](C(=O)N1C[C@H](O)C[C@@H]1C(=O)N[C@H](C=O)CC(=O)O)N(C)C(=O)[C@H](Cc1ccccc1)N(C)C(=O)[C@H](Cc1cc(F)c(F)c(F)c1)NC(=O)CSC[C@H](NC(=O)[C@H](CCCCN)NC(=O)[C@H](Cc1ccc(O)cc1)NC(=O)[C@H](Cc1c[nH]c2ccccc12)NC(=O)[C@H]1C[C@@H](O)CN1C1OC1[C@H](CCC(N)=O)NCC(=O)C(Cc1ccccc1)N(C)C(=O)[C@@H](N)C(C)C)C(=O)NCC(N)=O. The van der Waals surface area contributed by atoms with Crippen molar-refractivity contribution < 1.29 is 115 Å². The number of likely N-dealkylation sites (tertiary alicyclic amines) is 2. The van der Waals surface area contributed by atoms with E-state index in [9.17, 15) is 72.8 Å². The van der Waals surface area contributed by atoms with Gasteiger partial charge in [-0.05, 0) is 116 Å². The van der Waals surface area contributed by atoms with E-state index >= 15 is 37.5 Å². The number of hydrogen-bond donors (Lipinski definition) is 17. The number of carboxylic acids is 1. The number of benzene rings is 5. The summed E-state index contributed by atoms with van der Waals surface area (Å²) in [5.74, 6) is -20.5. The second-order valence-corrected chi connectivity index (χ2v) is 36.4. The molecule has 43 heteroatoms. The number of para-hydroxylation sites is 1. The molecule has 21 N–H and O–H groups in total. The van der Waals surface area contributed by atoms with Gasteiger partial charge in [-0.2, -0.15) is 0 Å². The van der Waals surface area contributed by atoms with Gasteiger partial charge >= 0.3 is 5.97 Å². The lowest BCUT2D eigenvalue weighted by Gasteiger charge is -2.37. The maximum Gasteiger partial charge on any atom is 0.305 e. The van der Waals surface area contributed by atoms with E-state index in [0.717, 1.165) is 20.3 Å². The van der Waals surface area contributed by atoms with Crippen molar-refractivity contribution in [3.8, 4) is 5.75 Å². The first-order valence-corrected chi connectivity index (χ1v) is 46.9. The van der Waals surface area contributed by atoms with Gasteiger partial charge in [-0.25, -0.2) is 13.2 Å². The number of β-amino-alcohol motifs (C(OH)–C–C–N with tert-alkyl or cyclic N) is 2. The minimum Gasteiger partial charge on any atom is -0.508 e. The summed E-state index contributed by atoms with van der Waals surface area (Å²) in [6, 6.07) is 12.8. The predicted octanol–water partition coefficient (Wildman–Crippen LogP) is -0.581. The highest BCUT2D eigenvalue weighted by Gasteiger charge is 2.55. The lowest BCUT2D eigenvalue weighted by Crippen LogP contribution is -2.60. The highest BCUT2D eigenvalue weighted by molar-refractivity contribution is 8.00. The number of phenols is 1. The van der Waals surface area contributed by atoms with Crippen molar-refractivity contribution >= 4 is 117 Å². The number of hydrogen-bond acceptors (Lipinski definition) is 25. The molecule has 4 heterocycles. The normalized spacial score (nSPS) is 18.6. The van der Waals surface area contributed by atoms with Crippen LogP contribution in [0.3, 0.4) is 0 Å². The Labute approximate surface area is 800 Å². The average Bonchev–Trinajstić information content (AvgIpc) is 1.60. The van der Waals surface area contributed by atoms with Crippen molar-refractivity contribution in [1.29, 1.82) is 0 Å². The molecule has 138 heavy (non-hydrogen) atoms. The van der Waals surface area contributed by atoms with Crippen LogP contribution in [0.2, 0.25) is 0 Å². The number of ketones is 1. The quantitative estimate of drug-likeness (QED) is 0.00983. The van der Waals surface area contributed by atoms with Crippen molar-refractivity contribution in [2.45, 2.75) is 227 Å². The number of aliphatic carboxylic acids is 1. The number of thioether (sulfide) groups is 1. The monoisotopic (exact) mass is 1940 g/mol. The zero-order valence-electron chi connectivity index (χ0n) is 77.7. The van der Waals surface area contributed by atoms with E-state index < -0.39 is 247 Å². The summed E-state index contributed by atoms with van der Waals surface area (Å²) in [4.78, 5) is 234. The van der Waals surface area contributed by atoms with Crippen LogP contribution in [0.5, 0.6) is 5.75 Å². The van der Waals surface area contributed by atoms with Gasteiger partial charge in [0.25, 0.3) is 0 Å². The number of unbranched alkanes of at least 4 members (excludes halogenated alkanes) is 2. The number of aromatic amines is 1. The first-order valence-electron chi connectivity index (χ1n) is 45.7. The Hall–Kier alpha value is -12.8. The van der Waals surface area contributed by atoms with Gasteiger partial charge < -0.3 is 120 Å². The van der Waals surface area contributed by atoms with Crippen LogP contribution in [0.15, 0.2) is 128 Å². The van der Waals surface area contributed by atoms with Crippen LogP contribution < -0.4 is 65.5 Å². The van der Waals surface area contributed by atoms with Gasteiger partial charge in [-0.3, -0.25) is 76.8 Å². The topological polar surface area (TPSA) is 599 Å². The summed E-state index contributed by atoms with van der Waals surface area (Å²) >= 11 is 0.652. The predicted molar refractivity (Wildman–Crippen MR) is 500 cm³/mol. The third kappa shape index (κ3) is 31.1. The molecular formula is C95H125F3N18O21S. The van der Waals surface area contributed by atoms with Gasteiger partial charge in [-0.15, -0.1) is 11.8 Å². The molecule has 13 amide bonds. The fourth-order valence-electron chi connectivity index (χ4n) is 16.9. The first-order chi connectivity index (χ1) is 65.7. The summed E-state index contributed by atoms with van der Waals surface area (Å²) < 4.78 is 51.2. The van der Waals surface area contributed by atoms with Crippen molar-refractivity contribution in [1.82, 2.24) is 72.0 Å². The minimum atomic E-state index is -1.88. The van der Waals surface area contributed by atoms with Crippen LogP contribution in [0.1, 0.15) is 119 Å². The number of nitrogens with one attached hydrogen (secondary N) is 9. The molecule has 17 atom stereocenters. The number of aromatic nitrogens is 1. The zero-order valence-corrected chi connectivity index (χ0v) is 78.5. The number of carbonyl (C=O) groups is 16. The maximum atomic E-state index is 15.5. The fraction of sp³-hybridized carbons (Fsp3) is 0.495. The Morgan fingerprint density at radius 3 is 1.78 bits per heavy atom. The molecule has 3 fully saturated rings. The summed E-state index contributed by atoms with van der Waals surface area (Å²) in [6.07, 6.45) is -4.33. The second-order valence-electron chi connectivity index (χ2n) is 35.3. The summed E-state index contributed by atoms with van der Waals surface area (Å²) in [5.41, 5.74) is 25.8. The third-order valence-corrected chi connectivity index (χ3v) is 25.7. The number of phenolic OH excluding ortho intramolecular Hbond substituents is 1. The Morgan fingerprint density at radius 1 is 0.594 bits per heavy atom. The number of fused-ring (bicyclic) bond motifs is 1. The molecule has 3 unspecified atom stereocenters. The van der Waals surface area contributed by atoms with Gasteiger partial charge in [0.2, 0.25) is 76.8 Å². The van der Waals surface area contributed by atoms with Crippen LogP contribution in [-0.2, 0) is 114 Å². The zero-order chi connectivity index (χ0) is 101. The first kappa shape index (κ1) is 109. The van der Waals surface area contributed by atoms with Crippen molar-refractivity contribution in [2.75, 3.05) is 65.4 Å². The van der Waals surface area contributed by atoms with E-state index in [2.05, 4.69) is 47.5 Å². The van der Waals surface area contributed by atoms with Gasteiger partial charge in [0.15, 0.2) is 23.2 Å². The third-order valence-electron chi connectivity index (χ3n) is 24.6. The Balaban J connectivity index is 0.947. The second kappa shape index (κ2) is 52.1. The number of epoxide rings is 1. The number of carboxylic acid groups (broad SMARTS) is 1. The van der Waals surface area contributed by atoms with Crippen LogP contribution in [0, 0.1) is 23.4 Å². The van der Waals surface area contributed by atoms with Crippen LogP contribution in [0.25, 0.3) is 10.9 Å². The Bertz CT molecular complexity index is 5240. The van der Waals surface area contributed by atoms with E-state index in [1.807, 2.05) is 18.2 Å². The number of aliphatic hydroxyl groups excluding tert-OH is 2. The molecule has 9 rings (SSSR count). The van der Waals surface area contributed by atoms with E-state index in [4.69, 9.17) is 27.7 Å². The van der Waals surface area contributed by atoms with Crippen molar-refractivity contribution in [2.24, 2.45) is 28.9 Å². The number of aliphatic hydroxyl groups is 2. The number of aromatic hydroxyl groups is 1. The standard InChI is InChI=1S/C95H125F3N18O21S/c1-7-8-26-72(93(135)115-47-60(119)42-74(115)89(131)106-58(49-117)41-81(125)126)112(4)92(134)76(39-54-21-13-10-14-22-54)114(6)91(133)70(37-56-34-63(96)82(98)64(97)35-56)107-80(124)51-138-50-71(85(127)105-46-79(101)123)111-86(128)67(25-17-18-33-99)108-87(129)68(36-55-27-29-59(118)30-28-55)109-88(130)69(40-57-44-103-65-24-16-15-23-62(57)65)110-90(132)75-43-61(120)48-116(75)95-84(137-95)66(31-32-78(100)122)104-45-77(121)73(38-53-19-11-9-12-20-53)113(5)94(136)83(102)52(2)3/h9-16,19-24,27-30,34-35,44,49,52,58,60-61,66-76,83-84,95,103-104,118-120H,7-8,17-18,25-26,31-33,36-43,45-48,50-51,99,102H2,1-6H3,(H2,100,122)(H2,101,123)(H,105,127)(H,106,131)(H,107,124)(H,108,129)(H,109,130)(H,110,132)(H,111,128)(H,125,126)/t58-,60+,61+,66-,67-,68-,69-,70-,71-,72-,73?,74+,75+,76-,83-,84?,95?/m0/s1. The molecule has 0 spiro atoms. The number of H-pyrrole nitrogens is 1. The molecule has 0 aliphatic carbocycles. The molecule has 0 radical (unpaired) electrons. The number of nitrogens with zero attached hydrogens (tertiary/aromatic N) is 5. The van der Waals surface area contributed by atoms with Crippen LogP contribution >= 0.6 is 11.8 Å². The molecule has 3 saturated heterocycles. The molecule has 1 aromatic heterocycles.